The van der Waals surface area contributed by atoms with E-state index in [0.717, 1.165) is 0 Å². The van der Waals surface area contributed by atoms with E-state index in [4.69, 9.17) is 9.47 Å². The van der Waals surface area contributed by atoms with E-state index in [1.54, 1.807) is 19.1 Å². The molecular formula is C17H17F3NO2Y-. The molecule has 1 aliphatic rings. The second kappa shape index (κ2) is 9.40. The Morgan fingerprint density at radius 3 is 2.67 bits per heavy atom. The van der Waals surface area contributed by atoms with Crippen LogP contribution in [0.15, 0.2) is 42.1 Å². The van der Waals surface area contributed by atoms with Crippen LogP contribution < -0.4 is 4.74 Å². The Hall–Kier alpha value is -1.11. The first-order chi connectivity index (χ1) is 11.0. The number of alkyl halides is 2. The van der Waals surface area contributed by atoms with E-state index >= 15 is 0 Å². The second-order valence-electron chi connectivity index (χ2n) is 4.93. The van der Waals surface area contributed by atoms with E-state index in [1.807, 2.05) is 0 Å². The largest absolute Gasteiger partial charge is 0.480 e. The molecule has 1 aliphatic heterocycles. The molecule has 0 atom stereocenters. The molecule has 1 aromatic rings. The molecule has 7 heteroatoms. The summed E-state index contributed by atoms with van der Waals surface area (Å²) in [7, 11) is 1.43. The van der Waals surface area contributed by atoms with Crippen molar-refractivity contribution >= 4 is 5.70 Å². The standard InChI is InChI=1S/C17H17F3NO2.Y/c1-11-7-8-14(21(12(11)2)9-16(19)20)17-13(18)5-4-6-15(17)23-10-22-3;/h4-7,16H,2,9-10H2,1,3H3;/q-1;. The SMILES string of the molecule is C=C1C(C)=C[C-]=C(c2c(F)cccc2OCOC)N1CC(F)F.[Y]. The molecule has 0 aliphatic carbocycles. The van der Waals surface area contributed by atoms with Crippen molar-refractivity contribution in [3.63, 3.8) is 0 Å². The molecule has 127 valence electrons. The van der Waals surface area contributed by atoms with Crippen molar-refractivity contribution in [2.24, 2.45) is 0 Å². The third-order valence-corrected chi connectivity index (χ3v) is 3.34. The predicted octanol–water partition coefficient (Wildman–Crippen LogP) is 3.99. The Morgan fingerprint density at radius 1 is 1.33 bits per heavy atom. The summed E-state index contributed by atoms with van der Waals surface area (Å²) < 4.78 is 50.4. The minimum absolute atomic E-state index is 0. The van der Waals surface area contributed by atoms with E-state index in [9.17, 15) is 13.2 Å². The predicted molar refractivity (Wildman–Crippen MR) is 81.2 cm³/mol. The zero-order chi connectivity index (χ0) is 17.0. The molecule has 0 bridgehead atoms. The summed E-state index contributed by atoms with van der Waals surface area (Å²) in [6.45, 7) is 4.84. The van der Waals surface area contributed by atoms with Gasteiger partial charge in [0.2, 0.25) is 0 Å². The van der Waals surface area contributed by atoms with Crippen molar-refractivity contribution in [3.05, 3.63) is 59.6 Å². The Morgan fingerprint density at radius 2 is 2.04 bits per heavy atom. The van der Waals surface area contributed by atoms with Gasteiger partial charge in [-0.1, -0.05) is 25.3 Å². The van der Waals surface area contributed by atoms with Gasteiger partial charge in [0.15, 0.2) is 6.79 Å². The van der Waals surface area contributed by atoms with Crippen molar-refractivity contribution in [1.29, 1.82) is 0 Å². The molecule has 0 N–H and O–H groups in total. The second-order valence-corrected chi connectivity index (χ2v) is 4.93. The molecule has 1 radical (unpaired) electrons. The number of hydrogen-bond acceptors (Lipinski definition) is 3. The van der Waals surface area contributed by atoms with Crippen LogP contribution in [-0.2, 0) is 37.4 Å². The molecule has 0 spiro atoms. The average Bonchev–Trinajstić information content (AvgIpc) is 2.50. The van der Waals surface area contributed by atoms with Crippen LogP contribution in [-0.4, -0.2) is 31.8 Å². The summed E-state index contributed by atoms with van der Waals surface area (Å²) in [5.74, 6) is -0.407. The number of methoxy groups -OCH3 is 1. The molecule has 0 amide bonds. The van der Waals surface area contributed by atoms with Gasteiger partial charge in [0.05, 0.1) is 18.1 Å². The van der Waals surface area contributed by atoms with Crippen LogP contribution in [0.3, 0.4) is 0 Å². The summed E-state index contributed by atoms with van der Waals surface area (Å²) in [5, 5.41) is 0. The molecule has 0 saturated carbocycles. The summed E-state index contributed by atoms with van der Waals surface area (Å²) >= 11 is 0. The van der Waals surface area contributed by atoms with Gasteiger partial charge in [-0.2, -0.15) is 12.2 Å². The third-order valence-electron chi connectivity index (χ3n) is 3.34. The Kier molecular flexibility index (Phi) is 8.20. The Labute approximate surface area is 164 Å². The number of hydrogen-bond donors (Lipinski definition) is 0. The summed E-state index contributed by atoms with van der Waals surface area (Å²) in [4.78, 5) is 1.25. The van der Waals surface area contributed by atoms with E-state index in [-0.39, 0.29) is 56.5 Å². The molecule has 0 unspecified atom stereocenters. The van der Waals surface area contributed by atoms with Crippen LogP contribution >= 0.6 is 0 Å². The summed E-state index contributed by atoms with van der Waals surface area (Å²) in [6.07, 6.45) is 1.84. The molecule has 1 aromatic carbocycles. The number of allylic oxidation sites excluding steroid dienone is 3. The normalized spacial score (nSPS) is 14.2. The van der Waals surface area contributed by atoms with Crippen LogP contribution in [0.1, 0.15) is 12.5 Å². The monoisotopic (exact) mass is 413 g/mol. The minimum atomic E-state index is -2.61. The van der Waals surface area contributed by atoms with Crippen molar-refractivity contribution < 1.29 is 55.4 Å². The molecule has 0 fully saturated rings. The average molecular weight is 413 g/mol. The van der Waals surface area contributed by atoms with Gasteiger partial charge < -0.3 is 14.4 Å². The summed E-state index contributed by atoms with van der Waals surface area (Å²) in [5.41, 5.74) is 1.27. The number of halogens is 3. The first-order valence-corrected chi connectivity index (χ1v) is 6.91. The van der Waals surface area contributed by atoms with Gasteiger partial charge in [-0.05, 0) is 23.4 Å². The van der Waals surface area contributed by atoms with Gasteiger partial charge >= 0.3 is 0 Å². The van der Waals surface area contributed by atoms with Crippen LogP contribution in [0.4, 0.5) is 13.2 Å². The van der Waals surface area contributed by atoms with Gasteiger partial charge in [0.25, 0.3) is 6.43 Å². The fraction of sp³-hybridized carbons (Fsp3) is 0.294. The van der Waals surface area contributed by atoms with Crippen LogP contribution in [0.25, 0.3) is 5.70 Å². The first kappa shape index (κ1) is 20.9. The van der Waals surface area contributed by atoms with Gasteiger partial charge in [-0.3, -0.25) is 0 Å². The zero-order valence-corrected chi connectivity index (χ0v) is 16.3. The molecule has 1 heterocycles. The van der Waals surface area contributed by atoms with Gasteiger partial charge in [0, 0.05) is 39.8 Å². The van der Waals surface area contributed by atoms with Gasteiger partial charge in [-0.15, -0.1) is 5.57 Å². The topological polar surface area (TPSA) is 21.7 Å². The number of rotatable bonds is 6. The van der Waals surface area contributed by atoms with E-state index in [0.29, 0.717) is 11.3 Å². The maximum Gasteiger partial charge on any atom is 0.256 e. The summed E-state index contributed by atoms with van der Waals surface area (Å²) in [6, 6.07) is 4.25. The maximum absolute atomic E-state index is 14.4. The molecule has 0 aromatic heterocycles. The Balaban J connectivity index is 0.00000288. The molecule has 3 nitrogen and oxygen atoms in total. The number of benzene rings is 1. The molecular weight excluding hydrogens is 396 g/mol. The van der Waals surface area contributed by atoms with Crippen LogP contribution in [0.2, 0.25) is 0 Å². The minimum Gasteiger partial charge on any atom is -0.480 e. The maximum atomic E-state index is 14.4. The quantitative estimate of drug-likeness (QED) is 0.520. The molecule has 0 saturated heterocycles. The third kappa shape index (κ3) is 4.71. The number of nitrogens with zero attached hydrogens (tertiary/aromatic N) is 1. The zero-order valence-electron chi connectivity index (χ0n) is 13.5. The van der Waals surface area contributed by atoms with Crippen molar-refractivity contribution in [1.82, 2.24) is 4.90 Å². The van der Waals surface area contributed by atoms with E-state index in [2.05, 4.69) is 12.7 Å². The first-order valence-electron chi connectivity index (χ1n) is 6.91. The van der Waals surface area contributed by atoms with Crippen molar-refractivity contribution in [3.8, 4) is 5.75 Å². The fourth-order valence-electron chi connectivity index (χ4n) is 2.21. The smallest absolute Gasteiger partial charge is 0.256 e. The Bertz CT molecular complexity index is 659. The molecule has 2 rings (SSSR count). The fourth-order valence-corrected chi connectivity index (χ4v) is 2.21. The molecule has 24 heavy (non-hydrogen) atoms. The van der Waals surface area contributed by atoms with Crippen LogP contribution in [0, 0.1) is 11.9 Å². The van der Waals surface area contributed by atoms with Crippen molar-refractivity contribution in [2.75, 3.05) is 20.4 Å². The van der Waals surface area contributed by atoms with Gasteiger partial charge in [0.1, 0.15) is 0 Å². The van der Waals surface area contributed by atoms with E-state index < -0.39 is 18.8 Å². The van der Waals surface area contributed by atoms with Crippen molar-refractivity contribution in [2.45, 2.75) is 13.3 Å². The van der Waals surface area contributed by atoms with E-state index in [1.165, 1.54) is 24.1 Å². The van der Waals surface area contributed by atoms with Gasteiger partial charge in [-0.25, -0.2) is 13.2 Å². The number of ether oxygens (including phenoxy) is 2. The van der Waals surface area contributed by atoms with Crippen LogP contribution in [0.5, 0.6) is 5.75 Å².